The Bertz CT molecular complexity index is 1250. The first-order chi connectivity index (χ1) is 15.0. The van der Waals surface area contributed by atoms with Crippen LogP contribution >= 0.6 is 0 Å². The molecular weight excluding hydrogens is 402 g/mol. The van der Waals surface area contributed by atoms with E-state index in [1.807, 2.05) is 35.2 Å². The highest BCUT2D eigenvalue weighted by atomic mass is 16.5. The number of fused-ring (bicyclic) bond motifs is 1. The van der Waals surface area contributed by atoms with Crippen LogP contribution in [0, 0.1) is 0 Å². The Hall–Kier alpha value is -4.21. The molecule has 0 atom stereocenters. The summed E-state index contributed by atoms with van der Waals surface area (Å²) in [7, 11) is 1.28. The summed E-state index contributed by atoms with van der Waals surface area (Å²) in [4.78, 5) is 50.7. The molecule has 0 bridgehead atoms. The second-order valence-corrected chi connectivity index (χ2v) is 6.82. The van der Waals surface area contributed by atoms with E-state index in [-0.39, 0.29) is 0 Å². The van der Waals surface area contributed by atoms with E-state index in [0.717, 1.165) is 10.4 Å². The topological polar surface area (TPSA) is 116 Å². The van der Waals surface area contributed by atoms with Crippen LogP contribution in [-0.2, 0) is 22.6 Å². The van der Waals surface area contributed by atoms with Gasteiger partial charge in [0.1, 0.15) is 6.54 Å². The molecule has 3 aromatic rings. The fourth-order valence-electron chi connectivity index (χ4n) is 3.33. The van der Waals surface area contributed by atoms with Gasteiger partial charge in [-0.25, -0.2) is 9.48 Å². The number of hydrogen-bond acceptors (Lipinski definition) is 7. The van der Waals surface area contributed by atoms with Crippen LogP contribution < -0.4 is 21.3 Å². The maximum atomic E-state index is 12.5. The van der Waals surface area contributed by atoms with Crippen LogP contribution in [0.5, 0.6) is 0 Å². The van der Waals surface area contributed by atoms with Gasteiger partial charge >= 0.3 is 17.1 Å². The molecule has 158 valence electrons. The number of carbonyl (C=O) groups excluding carboxylic acids is 2. The SMILES string of the molecule is COC(=O)c1ccc(NC(=O)Cn2nc3n(c(=O)c2=O)CCN3c2ccccc2)cc1. The van der Waals surface area contributed by atoms with Gasteiger partial charge < -0.3 is 15.0 Å². The number of nitrogens with zero attached hydrogens (tertiary/aromatic N) is 4. The number of carbonyl (C=O) groups is 2. The van der Waals surface area contributed by atoms with E-state index in [1.54, 1.807) is 0 Å². The van der Waals surface area contributed by atoms with Crippen molar-refractivity contribution in [2.75, 3.05) is 23.9 Å². The first-order valence-electron chi connectivity index (χ1n) is 9.50. The summed E-state index contributed by atoms with van der Waals surface area (Å²) in [6.07, 6.45) is 0. The van der Waals surface area contributed by atoms with Gasteiger partial charge in [-0.1, -0.05) is 18.2 Å². The van der Waals surface area contributed by atoms with Crippen LogP contribution in [0.4, 0.5) is 17.3 Å². The minimum atomic E-state index is -0.866. The summed E-state index contributed by atoms with van der Waals surface area (Å²) in [5.41, 5.74) is 0.00929. The largest absolute Gasteiger partial charge is 0.465 e. The number of ether oxygens (including phenoxy) is 1. The van der Waals surface area contributed by atoms with Crippen LogP contribution in [0.1, 0.15) is 10.4 Å². The number of esters is 1. The molecule has 4 rings (SSSR count). The lowest BCUT2D eigenvalue weighted by molar-refractivity contribution is -0.117. The molecular formula is C21H19N5O5. The van der Waals surface area contributed by atoms with Gasteiger partial charge in [-0.3, -0.25) is 19.0 Å². The molecule has 0 aliphatic carbocycles. The average Bonchev–Trinajstić information content (AvgIpc) is 3.21. The van der Waals surface area contributed by atoms with E-state index in [1.165, 1.54) is 35.9 Å². The van der Waals surface area contributed by atoms with E-state index >= 15 is 0 Å². The number of hydrogen-bond donors (Lipinski definition) is 1. The summed E-state index contributed by atoms with van der Waals surface area (Å²) in [5, 5.41) is 6.89. The third-order valence-corrected chi connectivity index (χ3v) is 4.85. The Morgan fingerprint density at radius 1 is 1.00 bits per heavy atom. The predicted molar refractivity (Wildman–Crippen MR) is 113 cm³/mol. The lowest BCUT2D eigenvalue weighted by Crippen LogP contribution is -2.44. The highest BCUT2D eigenvalue weighted by Gasteiger charge is 2.26. The standard InChI is InChI=1S/C21H19N5O5/c1-31-20(30)14-7-9-15(10-8-14)22-17(27)13-26-19(29)18(28)25-12-11-24(21(25)23-26)16-5-3-2-4-6-16/h2-10H,11-13H2,1H3,(H,22,27). The summed E-state index contributed by atoms with van der Waals surface area (Å²) >= 11 is 0. The summed E-state index contributed by atoms with van der Waals surface area (Å²) in [5.74, 6) is -0.713. The van der Waals surface area contributed by atoms with Crippen molar-refractivity contribution in [2.45, 2.75) is 13.1 Å². The van der Waals surface area contributed by atoms with Crippen molar-refractivity contribution in [3.8, 4) is 0 Å². The number of nitrogens with one attached hydrogen (secondary N) is 1. The Morgan fingerprint density at radius 3 is 2.39 bits per heavy atom. The van der Waals surface area contributed by atoms with Crippen LogP contribution in [0.25, 0.3) is 0 Å². The second kappa shape index (κ2) is 8.27. The van der Waals surface area contributed by atoms with Gasteiger partial charge in [-0.05, 0) is 36.4 Å². The van der Waals surface area contributed by atoms with Gasteiger partial charge in [-0.2, -0.15) is 0 Å². The molecule has 0 saturated carbocycles. The van der Waals surface area contributed by atoms with Crippen molar-refractivity contribution in [3.05, 3.63) is 80.9 Å². The van der Waals surface area contributed by atoms with Crippen LogP contribution in [0.2, 0.25) is 0 Å². The third kappa shape index (κ3) is 3.95. The van der Waals surface area contributed by atoms with E-state index in [4.69, 9.17) is 0 Å². The molecule has 1 N–H and O–H groups in total. The smallest absolute Gasteiger partial charge is 0.337 e. The quantitative estimate of drug-likeness (QED) is 0.482. The average molecular weight is 421 g/mol. The van der Waals surface area contributed by atoms with E-state index in [2.05, 4.69) is 15.2 Å². The molecule has 10 heteroatoms. The molecule has 0 radical (unpaired) electrons. The van der Waals surface area contributed by atoms with Gasteiger partial charge in [0, 0.05) is 24.5 Å². The molecule has 2 heterocycles. The van der Waals surface area contributed by atoms with E-state index in [9.17, 15) is 19.2 Å². The van der Waals surface area contributed by atoms with Crippen molar-refractivity contribution in [3.63, 3.8) is 0 Å². The molecule has 1 aromatic heterocycles. The number of amides is 1. The summed E-state index contributed by atoms with van der Waals surface area (Å²) < 4.78 is 6.81. The number of aromatic nitrogens is 3. The molecule has 0 saturated heterocycles. The zero-order chi connectivity index (χ0) is 22.0. The number of anilines is 3. The van der Waals surface area contributed by atoms with Gasteiger partial charge in [0.15, 0.2) is 0 Å². The minimum Gasteiger partial charge on any atom is -0.465 e. The third-order valence-electron chi connectivity index (χ3n) is 4.85. The normalized spacial score (nSPS) is 12.4. The van der Waals surface area contributed by atoms with Crippen molar-refractivity contribution in [1.82, 2.24) is 14.3 Å². The number of para-hydroxylation sites is 1. The second-order valence-electron chi connectivity index (χ2n) is 6.82. The highest BCUT2D eigenvalue weighted by Crippen LogP contribution is 2.25. The molecule has 0 unspecified atom stereocenters. The Labute approximate surface area is 176 Å². The van der Waals surface area contributed by atoms with Gasteiger partial charge in [0.25, 0.3) is 0 Å². The molecule has 1 amide bonds. The molecule has 10 nitrogen and oxygen atoms in total. The monoisotopic (exact) mass is 421 g/mol. The van der Waals surface area contributed by atoms with Gasteiger partial charge in [0.05, 0.1) is 12.7 Å². The van der Waals surface area contributed by atoms with Crippen molar-refractivity contribution in [1.29, 1.82) is 0 Å². The molecule has 2 aromatic carbocycles. The molecule has 1 aliphatic heterocycles. The van der Waals surface area contributed by atoms with Gasteiger partial charge in [-0.15, -0.1) is 5.10 Å². The number of methoxy groups -OCH3 is 1. The fourth-order valence-corrected chi connectivity index (χ4v) is 3.33. The van der Waals surface area contributed by atoms with E-state index < -0.39 is 29.5 Å². The maximum Gasteiger partial charge on any atom is 0.337 e. The van der Waals surface area contributed by atoms with Crippen molar-refractivity contribution < 1.29 is 14.3 Å². The molecule has 1 aliphatic rings. The van der Waals surface area contributed by atoms with Crippen molar-refractivity contribution >= 4 is 29.2 Å². The lowest BCUT2D eigenvalue weighted by atomic mass is 10.2. The lowest BCUT2D eigenvalue weighted by Gasteiger charge is -2.17. The fraction of sp³-hybridized carbons (Fsp3) is 0.190. The Kier molecular flexibility index (Phi) is 5.35. The van der Waals surface area contributed by atoms with Crippen LogP contribution in [0.3, 0.4) is 0 Å². The minimum absolute atomic E-state index is 0.311. The van der Waals surface area contributed by atoms with Crippen molar-refractivity contribution in [2.24, 2.45) is 0 Å². The zero-order valence-corrected chi connectivity index (χ0v) is 16.6. The maximum absolute atomic E-state index is 12.5. The van der Waals surface area contributed by atoms with E-state index in [0.29, 0.717) is 30.3 Å². The van der Waals surface area contributed by atoms with Crippen LogP contribution in [0.15, 0.2) is 64.2 Å². The highest BCUT2D eigenvalue weighted by molar-refractivity contribution is 5.92. The summed E-state index contributed by atoms with van der Waals surface area (Å²) in [6.45, 7) is 0.405. The predicted octanol–water partition coefficient (Wildman–Crippen LogP) is 0.982. The molecule has 0 fully saturated rings. The number of benzene rings is 2. The molecule has 0 spiro atoms. The van der Waals surface area contributed by atoms with Crippen LogP contribution in [-0.4, -0.2) is 39.9 Å². The zero-order valence-electron chi connectivity index (χ0n) is 16.6. The summed E-state index contributed by atoms with van der Waals surface area (Å²) in [6, 6.07) is 15.4. The first kappa shape index (κ1) is 20.1. The first-order valence-corrected chi connectivity index (χ1v) is 9.50. The Morgan fingerprint density at radius 2 is 1.71 bits per heavy atom. The molecule has 31 heavy (non-hydrogen) atoms. The van der Waals surface area contributed by atoms with Gasteiger partial charge in [0.2, 0.25) is 11.9 Å². The Balaban J connectivity index is 1.56. The number of rotatable bonds is 5.